The number of furan rings is 1. The van der Waals surface area contributed by atoms with Crippen LogP contribution in [0.1, 0.15) is 18.2 Å². The molecule has 1 amide bonds. The Morgan fingerprint density at radius 3 is 2.62 bits per heavy atom. The molecule has 0 aliphatic heterocycles. The van der Waals surface area contributed by atoms with Gasteiger partial charge in [-0.2, -0.15) is 0 Å². The Hall–Kier alpha value is -2.31. The summed E-state index contributed by atoms with van der Waals surface area (Å²) in [5.41, 5.74) is 1.08. The highest BCUT2D eigenvalue weighted by atomic mass is 16.5. The molecule has 6 heteroatoms. The average molecular weight is 332 g/mol. The molecule has 0 fully saturated rings. The fourth-order valence-corrected chi connectivity index (χ4v) is 2.05. The Morgan fingerprint density at radius 1 is 1.17 bits per heavy atom. The van der Waals surface area contributed by atoms with Gasteiger partial charge in [-0.15, -0.1) is 0 Å². The third-order valence-electron chi connectivity index (χ3n) is 3.50. The molecule has 6 nitrogen and oxygen atoms in total. The molecule has 130 valence electrons. The first-order valence-electron chi connectivity index (χ1n) is 7.93. The van der Waals surface area contributed by atoms with E-state index in [0.29, 0.717) is 26.3 Å². The van der Waals surface area contributed by atoms with Gasteiger partial charge in [-0.05, 0) is 36.8 Å². The summed E-state index contributed by atoms with van der Waals surface area (Å²) >= 11 is 0. The predicted octanol–water partition coefficient (Wildman–Crippen LogP) is 2.10. The zero-order chi connectivity index (χ0) is 17.2. The van der Waals surface area contributed by atoms with Crippen LogP contribution in [0.3, 0.4) is 0 Å². The van der Waals surface area contributed by atoms with Crippen LogP contribution in [0.15, 0.2) is 47.1 Å². The normalized spacial score (nSPS) is 11.9. The molecule has 0 bridgehead atoms. The van der Waals surface area contributed by atoms with E-state index in [-0.39, 0.29) is 11.9 Å². The van der Waals surface area contributed by atoms with Crippen molar-refractivity contribution in [3.63, 3.8) is 0 Å². The van der Waals surface area contributed by atoms with Crippen molar-refractivity contribution < 1.29 is 18.7 Å². The number of benzene rings is 1. The summed E-state index contributed by atoms with van der Waals surface area (Å²) in [6.45, 7) is 3.92. The fraction of sp³-hybridized carbons (Fsp3) is 0.389. The Bertz CT molecular complexity index is 596. The summed E-state index contributed by atoms with van der Waals surface area (Å²) in [6.07, 6.45) is 1.59. The lowest BCUT2D eigenvalue weighted by atomic mass is 10.2. The molecule has 0 saturated heterocycles. The molecule has 0 aliphatic carbocycles. The molecule has 24 heavy (non-hydrogen) atoms. The highest BCUT2D eigenvalue weighted by molar-refractivity contribution is 5.81. The van der Waals surface area contributed by atoms with Gasteiger partial charge in [-0.25, -0.2) is 0 Å². The Kier molecular flexibility index (Phi) is 7.32. The van der Waals surface area contributed by atoms with Crippen molar-refractivity contribution in [2.45, 2.75) is 26.1 Å². The molecule has 2 aromatic rings. The molecular weight excluding hydrogens is 308 g/mol. The highest BCUT2D eigenvalue weighted by Gasteiger charge is 2.12. The van der Waals surface area contributed by atoms with Crippen LogP contribution in [-0.4, -0.2) is 32.3 Å². The first-order chi connectivity index (χ1) is 11.7. The number of methoxy groups -OCH3 is 1. The first kappa shape index (κ1) is 18.0. The molecule has 1 atom stereocenters. The third-order valence-corrected chi connectivity index (χ3v) is 3.50. The van der Waals surface area contributed by atoms with E-state index >= 15 is 0 Å². The number of carbonyl (C=O) groups excluding carboxylic acids is 1. The zero-order valence-corrected chi connectivity index (χ0v) is 14.1. The summed E-state index contributed by atoms with van der Waals surface area (Å²) < 4.78 is 15.6. The summed E-state index contributed by atoms with van der Waals surface area (Å²) in [6, 6.07) is 11.1. The molecule has 2 rings (SSSR count). The zero-order valence-electron chi connectivity index (χ0n) is 14.1. The molecular formula is C18H24N2O4. The second-order valence-electron chi connectivity index (χ2n) is 5.38. The molecule has 2 N–H and O–H groups in total. The first-order valence-corrected chi connectivity index (χ1v) is 7.93. The monoisotopic (exact) mass is 332 g/mol. The van der Waals surface area contributed by atoms with Crippen LogP contribution >= 0.6 is 0 Å². The minimum atomic E-state index is -0.294. The van der Waals surface area contributed by atoms with E-state index in [9.17, 15) is 4.79 Å². The highest BCUT2D eigenvalue weighted by Crippen LogP contribution is 2.12. The molecule has 0 radical (unpaired) electrons. The van der Waals surface area contributed by atoms with Crippen LogP contribution in [0.25, 0.3) is 0 Å². The molecule has 1 aromatic heterocycles. The second-order valence-corrected chi connectivity index (χ2v) is 5.38. The van der Waals surface area contributed by atoms with E-state index in [1.165, 1.54) is 0 Å². The summed E-state index contributed by atoms with van der Waals surface area (Å²) in [7, 11) is 1.64. The van der Waals surface area contributed by atoms with Crippen molar-refractivity contribution in [1.82, 2.24) is 10.6 Å². The van der Waals surface area contributed by atoms with Crippen molar-refractivity contribution in [3.05, 3.63) is 54.0 Å². The maximum absolute atomic E-state index is 12.0. The number of rotatable bonds is 10. The largest absolute Gasteiger partial charge is 0.491 e. The maximum Gasteiger partial charge on any atom is 0.237 e. The van der Waals surface area contributed by atoms with Crippen LogP contribution in [0.4, 0.5) is 0 Å². The second kappa shape index (κ2) is 9.75. The van der Waals surface area contributed by atoms with Gasteiger partial charge in [0.1, 0.15) is 18.1 Å². The van der Waals surface area contributed by atoms with E-state index in [2.05, 4.69) is 10.6 Å². The molecule has 0 aliphatic rings. The topological polar surface area (TPSA) is 72.7 Å². The van der Waals surface area contributed by atoms with Gasteiger partial charge < -0.3 is 24.5 Å². The summed E-state index contributed by atoms with van der Waals surface area (Å²) in [4.78, 5) is 12.0. The molecule has 1 heterocycles. The van der Waals surface area contributed by atoms with Gasteiger partial charge in [0.25, 0.3) is 0 Å². The fourth-order valence-electron chi connectivity index (χ4n) is 2.05. The lowest BCUT2D eigenvalue weighted by molar-refractivity contribution is -0.123. The third kappa shape index (κ3) is 6.06. The number of amides is 1. The van der Waals surface area contributed by atoms with Gasteiger partial charge in [0.15, 0.2) is 0 Å². The van der Waals surface area contributed by atoms with Gasteiger partial charge in [-0.3, -0.25) is 4.79 Å². The van der Waals surface area contributed by atoms with Crippen LogP contribution in [-0.2, 0) is 22.6 Å². The van der Waals surface area contributed by atoms with E-state index < -0.39 is 0 Å². The number of carbonyl (C=O) groups is 1. The Balaban J connectivity index is 1.70. The van der Waals surface area contributed by atoms with Gasteiger partial charge >= 0.3 is 0 Å². The number of hydrogen-bond donors (Lipinski definition) is 2. The van der Waals surface area contributed by atoms with E-state index in [0.717, 1.165) is 17.1 Å². The Morgan fingerprint density at radius 2 is 1.96 bits per heavy atom. The van der Waals surface area contributed by atoms with Crippen molar-refractivity contribution in [3.8, 4) is 5.75 Å². The van der Waals surface area contributed by atoms with Crippen LogP contribution < -0.4 is 15.4 Å². The van der Waals surface area contributed by atoms with Gasteiger partial charge in [0.05, 0.1) is 25.5 Å². The van der Waals surface area contributed by atoms with Gasteiger partial charge in [0, 0.05) is 13.7 Å². The van der Waals surface area contributed by atoms with E-state index in [4.69, 9.17) is 13.9 Å². The molecule has 1 unspecified atom stereocenters. The van der Waals surface area contributed by atoms with Gasteiger partial charge in [-0.1, -0.05) is 12.1 Å². The van der Waals surface area contributed by atoms with Gasteiger partial charge in [0.2, 0.25) is 5.91 Å². The quantitative estimate of drug-likeness (QED) is 0.652. The van der Waals surface area contributed by atoms with Crippen molar-refractivity contribution in [2.75, 3.05) is 20.3 Å². The predicted molar refractivity (Wildman–Crippen MR) is 90.7 cm³/mol. The smallest absolute Gasteiger partial charge is 0.237 e. The van der Waals surface area contributed by atoms with Crippen molar-refractivity contribution >= 4 is 5.91 Å². The maximum atomic E-state index is 12.0. The average Bonchev–Trinajstić information content (AvgIpc) is 3.12. The molecule has 0 spiro atoms. The minimum absolute atomic E-state index is 0.0640. The summed E-state index contributed by atoms with van der Waals surface area (Å²) in [5.74, 6) is 1.48. The van der Waals surface area contributed by atoms with Crippen LogP contribution in [0.5, 0.6) is 5.75 Å². The minimum Gasteiger partial charge on any atom is -0.491 e. The Labute approximate surface area is 142 Å². The number of hydrogen-bond acceptors (Lipinski definition) is 5. The summed E-state index contributed by atoms with van der Waals surface area (Å²) in [5, 5.41) is 6.03. The standard InChI is InChI=1S/C18H24N2O4/c1-14(18(21)20-13-17-4-3-9-23-17)19-12-15-5-7-16(8-6-15)24-11-10-22-2/h3-9,14,19H,10-13H2,1-2H3,(H,20,21). The van der Waals surface area contributed by atoms with E-state index in [1.54, 1.807) is 19.4 Å². The number of nitrogens with one attached hydrogen (secondary N) is 2. The molecule has 1 aromatic carbocycles. The SMILES string of the molecule is COCCOc1ccc(CNC(C)C(=O)NCc2ccco2)cc1. The molecule has 0 saturated carbocycles. The van der Waals surface area contributed by atoms with Crippen molar-refractivity contribution in [1.29, 1.82) is 0 Å². The van der Waals surface area contributed by atoms with Crippen molar-refractivity contribution in [2.24, 2.45) is 0 Å². The van der Waals surface area contributed by atoms with E-state index in [1.807, 2.05) is 37.3 Å². The van der Waals surface area contributed by atoms with Crippen LogP contribution in [0, 0.1) is 0 Å². The lowest BCUT2D eigenvalue weighted by Gasteiger charge is -2.14. The van der Waals surface area contributed by atoms with Crippen LogP contribution in [0.2, 0.25) is 0 Å². The lowest BCUT2D eigenvalue weighted by Crippen LogP contribution is -2.41. The number of ether oxygens (including phenoxy) is 2.